The van der Waals surface area contributed by atoms with Crippen molar-refractivity contribution in [3.8, 4) is 5.75 Å². The van der Waals surface area contributed by atoms with Crippen LogP contribution in [-0.2, 0) is 6.61 Å². The Labute approximate surface area is 130 Å². The molecule has 20 heavy (non-hydrogen) atoms. The number of fused-ring (bicyclic) bond motifs is 1. The molecule has 100 valence electrons. The third-order valence-electron chi connectivity index (χ3n) is 2.97. The second-order valence-electron chi connectivity index (χ2n) is 4.35. The Morgan fingerprint density at radius 2 is 1.80 bits per heavy atom. The maximum absolute atomic E-state index is 5.98. The number of rotatable bonds is 3. The molecule has 0 aliphatic heterocycles. The lowest BCUT2D eigenvalue weighted by atomic mass is 10.2. The third kappa shape index (κ3) is 2.79. The van der Waals surface area contributed by atoms with Gasteiger partial charge in [-0.2, -0.15) is 0 Å². The summed E-state index contributed by atoms with van der Waals surface area (Å²) in [6.07, 6.45) is 0. The van der Waals surface area contributed by atoms with Crippen LogP contribution in [0, 0.1) is 0 Å². The normalized spacial score (nSPS) is 10.7. The first-order valence-corrected chi connectivity index (χ1v) is 7.32. The predicted octanol–water partition coefficient (Wildman–Crippen LogP) is 5.23. The molecule has 0 fully saturated rings. The number of halogens is 2. The van der Waals surface area contributed by atoms with Gasteiger partial charge in [0.05, 0.1) is 0 Å². The molecule has 4 heteroatoms. The van der Waals surface area contributed by atoms with E-state index in [2.05, 4.69) is 20.9 Å². The number of benzene rings is 2. The number of pyridine rings is 1. The fraction of sp³-hybridized carbons (Fsp3) is 0.0625. The van der Waals surface area contributed by atoms with E-state index in [9.17, 15) is 0 Å². The van der Waals surface area contributed by atoms with Crippen molar-refractivity contribution in [3.05, 3.63) is 69.8 Å². The standard InChI is InChI=1S/C16H11BrClNO/c17-13-7-8-14(16-12(13)6-9-15(18)19-16)20-10-11-4-2-1-3-5-11/h1-9H,10H2. The Morgan fingerprint density at radius 3 is 2.60 bits per heavy atom. The first-order chi connectivity index (χ1) is 9.74. The summed E-state index contributed by atoms with van der Waals surface area (Å²) >= 11 is 9.49. The van der Waals surface area contributed by atoms with Gasteiger partial charge in [-0.25, -0.2) is 4.98 Å². The van der Waals surface area contributed by atoms with Crippen molar-refractivity contribution in [2.24, 2.45) is 0 Å². The third-order valence-corrected chi connectivity index (χ3v) is 3.87. The van der Waals surface area contributed by atoms with Gasteiger partial charge in [-0.05, 0) is 29.8 Å². The van der Waals surface area contributed by atoms with Crippen molar-refractivity contribution in [1.29, 1.82) is 0 Å². The number of nitrogens with zero attached hydrogens (tertiary/aromatic N) is 1. The van der Waals surface area contributed by atoms with Crippen molar-refractivity contribution in [2.45, 2.75) is 6.61 Å². The highest BCUT2D eigenvalue weighted by Crippen LogP contribution is 2.31. The fourth-order valence-corrected chi connectivity index (χ4v) is 2.58. The molecule has 0 aliphatic rings. The zero-order valence-electron chi connectivity index (χ0n) is 10.5. The van der Waals surface area contributed by atoms with Crippen LogP contribution in [-0.4, -0.2) is 4.98 Å². The summed E-state index contributed by atoms with van der Waals surface area (Å²) in [5.41, 5.74) is 1.88. The zero-order chi connectivity index (χ0) is 13.9. The minimum Gasteiger partial charge on any atom is -0.487 e. The quantitative estimate of drug-likeness (QED) is 0.605. The van der Waals surface area contributed by atoms with E-state index in [-0.39, 0.29) is 0 Å². The molecule has 0 spiro atoms. The van der Waals surface area contributed by atoms with E-state index >= 15 is 0 Å². The van der Waals surface area contributed by atoms with Crippen LogP contribution in [0.1, 0.15) is 5.56 Å². The van der Waals surface area contributed by atoms with E-state index in [1.54, 1.807) is 6.07 Å². The molecule has 0 atom stereocenters. The molecule has 0 unspecified atom stereocenters. The molecule has 2 nitrogen and oxygen atoms in total. The summed E-state index contributed by atoms with van der Waals surface area (Å²) in [6.45, 7) is 0.506. The number of ether oxygens (including phenoxy) is 1. The minimum atomic E-state index is 0.458. The van der Waals surface area contributed by atoms with Crippen LogP contribution >= 0.6 is 27.5 Å². The first kappa shape index (κ1) is 13.4. The molecular weight excluding hydrogens is 338 g/mol. The Bertz CT molecular complexity index is 746. The van der Waals surface area contributed by atoms with Gasteiger partial charge in [-0.1, -0.05) is 57.9 Å². The van der Waals surface area contributed by atoms with Crippen LogP contribution in [0.2, 0.25) is 5.15 Å². The lowest BCUT2D eigenvalue weighted by molar-refractivity contribution is 0.309. The largest absolute Gasteiger partial charge is 0.487 e. The summed E-state index contributed by atoms with van der Waals surface area (Å²) in [5.74, 6) is 0.731. The maximum Gasteiger partial charge on any atom is 0.146 e. The van der Waals surface area contributed by atoms with Gasteiger partial charge in [-0.3, -0.25) is 0 Å². The molecule has 0 saturated heterocycles. The Balaban J connectivity index is 1.95. The number of aromatic nitrogens is 1. The molecule has 2 aromatic carbocycles. The van der Waals surface area contributed by atoms with Gasteiger partial charge in [0, 0.05) is 9.86 Å². The van der Waals surface area contributed by atoms with Gasteiger partial charge in [0.1, 0.15) is 23.0 Å². The molecule has 1 aromatic heterocycles. The van der Waals surface area contributed by atoms with Crippen LogP contribution in [0.3, 0.4) is 0 Å². The zero-order valence-corrected chi connectivity index (χ0v) is 12.9. The molecule has 0 amide bonds. The summed E-state index contributed by atoms with van der Waals surface area (Å²) < 4.78 is 6.85. The Kier molecular flexibility index (Phi) is 3.90. The average Bonchev–Trinajstić information content (AvgIpc) is 2.47. The summed E-state index contributed by atoms with van der Waals surface area (Å²) in [5, 5.41) is 1.44. The lowest BCUT2D eigenvalue weighted by Gasteiger charge is -2.10. The van der Waals surface area contributed by atoms with Crippen LogP contribution in [0.4, 0.5) is 0 Å². The van der Waals surface area contributed by atoms with E-state index in [0.717, 1.165) is 26.7 Å². The summed E-state index contributed by atoms with van der Waals surface area (Å²) in [6, 6.07) is 17.6. The van der Waals surface area contributed by atoms with Crippen molar-refractivity contribution >= 4 is 38.4 Å². The van der Waals surface area contributed by atoms with Crippen LogP contribution in [0.5, 0.6) is 5.75 Å². The molecule has 0 radical (unpaired) electrons. The Morgan fingerprint density at radius 1 is 1.00 bits per heavy atom. The van der Waals surface area contributed by atoms with Crippen molar-refractivity contribution in [1.82, 2.24) is 4.98 Å². The summed E-state index contributed by atoms with van der Waals surface area (Å²) in [7, 11) is 0. The SMILES string of the molecule is Clc1ccc2c(Br)ccc(OCc3ccccc3)c2n1. The van der Waals surface area contributed by atoms with Crippen molar-refractivity contribution in [2.75, 3.05) is 0 Å². The highest BCUT2D eigenvalue weighted by Gasteiger charge is 2.08. The van der Waals surface area contributed by atoms with Crippen LogP contribution < -0.4 is 4.74 Å². The fourth-order valence-electron chi connectivity index (χ4n) is 1.99. The lowest BCUT2D eigenvalue weighted by Crippen LogP contribution is -1.96. The van der Waals surface area contributed by atoms with E-state index in [0.29, 0.717) is 11.8 Å². The Hall–Kier alpha value is -1.58. The monoisotopic (exact) mass is 347 g/mol. The predicted molar refractivity (Wildman–Crippen MR) is 85.2 cm³/mol. The number of hydrogen-bond acceptors (Lipinski definition) is 2. The van der Waals surface area contributed by atoms with Gasteiger partial charge < -0.3 is 4.74 Å². The van der Waals surface area contributed by atoms with E-state index in [1.807, 2.05) is 48.5 Å². The van der Waals surface area contributed by atoms with Gasteiger partial charge in [0.15, 0.2) is 0 Å². The topological polar surface area (TPSA) is 22.1 Å². The van der Waals surface area contributed by atoms with E-state index < -0.39 is 0 Å². The highest BCUT2D eigenvalue weighted by atomic mass is 79.9. The minimum absolute atomic E-state index is 0.458. The molecule has 1 heterocycles. The van der Waals surface area contributed by atoms with Gasteiger partial charge in [0.25, 0.3) is 0 Å². The second-order valence-corrected chi connectivity index (χ2v) is 5.59. The maximum atomic E-state index is 5.98. The number of hydrogen-bond donors (Lipinski definition) is 0. The average molecular weight is 349 g/mol. The molecule has 0 N–H and O–H groups in total. The second kappa shape index (κ2) is 5.81. The van der Waals surface area contributed by atoms with Crippen molar-refractivity contribution in [3.63, 3.8) is 0 Å². The van der Waals surface area contributed by atoms with Crippen LogP contribution in [0.15, 0.2) is 59.1 Å². The smallest absolute Gasteiger partial charge is 0.146 e. The van der Waals surface area contributed by atoms with E-state index in [1.165, 1.54) is 0 Å². The van der Waals surface area contributed by atoms with Gasteiger partial charge in [-0.15, -0.1) is 0 Å². The van der Waals surface area contributed by atoms with Crippen LogP contribution in [0.25, 0.3) is 10.9 Å². The molecule has 3 aromatic rings. The molecule has 0 bridgehead atoms. The summed E-state index contributed by atoms with van der Waals surface area (Å²) in [4.78, 5) is 4.36. The highest BCUT2D eigenvalue weighted by molar-refractivity contribution is 9.10. The first-order valence-electron chi connectivity index (χ1n) is 6.15. The molecule has 0 saturated carbocycles. The van der Waals surface area contributed by atoms with Gasteiger partial charge in [0.2, 0.25) is 0 Å². The van der Waals surface area contributed by atoms with E-state index in [4.69, 9.17) is 16.3 Å². The molecular formula is C16H11BrClNO. The van der Waals surface area contributed by atoms with Crippen molar-refractivity contribution < 1.29 is 4.74 Å². The van der Waals surface area contributed by atoms with Gasteiger partial charge >= 0.3 is 0 Å². The molecule has 0 aliphatic carbocycles. The molecule has 3 rings (SSSR count).